The van der Waals surface area contributed by atoms with Crippen molar-refractivity contribution in [3.63, 3.8) is 0 Å². The molecular formula is C30H34ClN3O6S. The summed E-state index contributed by atoms with van der Waals surface area (Å²) in [7, 11) is -4.19. The minimum Gasteiger partial charge on any atom is -0.486 e. The van der Waals surface area contributed by atoms with Gasteiger partial charge in [-0.1, -0.05) is 41.9 Å². The van der Waals surface area contributed by atoms with E-state index in [1.807, 2.05) is 20.8 Å². The third-order valence-corrected chi connectivity index (χ3v) is 8.40. The number of rotatable bonds is 9. The Morgan fingerprint density at radius 3 is 2.22 bits per heavy atom. The number of hydrogen-bond donors (Lipinski definition) is 1. The Bertz CT molecular complexity index is 1490. The smallest absolute Gasteiger partial charge is 0.264 e. The maximum atomic E-state index is 14.0. The highest BCUT2D eigenvalue weighted by atomic mass is 35.5. The highest BCUT2D eigenvalue weighted by molar-refractivity contribution is 7.92. The predicted molar refractivity (Wildman–Crippen MR) is 158 cm³/mol. The molecule has 2 amide bonds. The maximum Gasteiger partial charge on any atom is 0.264 e. The van der Waals surface area contributed by atoms with Crippen LogP contribution in [0.2, 0.25) is 5.02 Å². The van der Waals surface area contributed by atoms with E-state index in [4.69, 9.17) is 21.1 Å². The monoisotopic (exact) mass is 599 g/mol. The van der Waals surface area contributed by atoms with Gasteiger partial charge >= 0.3 is 0 Å². The molecule has 0 spiro atoms. The van der Waals surface area contributed by atoms with E-state index < -0.39 is 34.1 Å². The highest BCUT2D eigenvalue weighted by Gasteiger charge is 2.34. The summed E-state index contributed by atoms with van der Waals surface area (Å²) in [4.78, 5) is 28.6. The summed E-state index contributed by atoms with van der Waals surface area (Å²) < 4.78 is 40.2. The molecule has 218 valence electrons. The van der Waals surface area contributed by atoms with Gasteiger partial charge < -0.3 is 19.7 Å². The van der Waals surface area contributed by atoms with Crippen molar-refractivity contribution in [2.75, 3.05) is 24.1 Å². The number of amides is 2. The van der Waals surface area contributed by atoms with Crippen molar-refractivity contribution in [2.24, 2.45) is 0 Å². The number of fused-ring (bicyclic) bond motifs is 1. The first-order chi connectivity index (χ1) is 19.3. The average molecular weight is 600 g/mol. The fraction of sp³-hybridized carbons (Fsp3) is 0.333. The molecule has 0 radical (unpaired) electrons. The van der Waals surface area contributed by atoms with Gasteiger partial charge in [0.1, 0.15) is 25.8 Å². The SMILES string of the molecule is C[C@H](C(=O)NC(C)(C)C)N(Cc1ccc(Cl)cc1)C(=O)CN(c1ccc2c(c1)OCCO2)S(=O)(=O)c1ccccc1. The molecule has 0 saturated carbocycles. The molecule has 1 heterocycles. The molecule has 1 aliphatic heterocycles. The number of sulfonamides is 1. The van der Waals surface area contributed by atoms with E-state index in [9.17, 15) is 18.0 Å². The van der Waals surface area contributed by atoms with Crippen molar-refractivity contribution in [1.82, 2.24) is 10.2 Å². The molecule has 0 bridgehead atoms. The molecule has 0 aromatic heterocycles. The number of carbonyl (C=O) groups excluding carboxylic acids is 2. The molecule has 41 heavy (non-hydrogen) atoms. The summed E-state index contributed by atoms with van der Waals surface area (Å²) in [5, 5.41) is 3.44. The molecule has 0 aliphatic carbocycles. The van der Waals surface area contributed by atoms with Crippen LogP contribution in [0.15, 0.2) is 77.7 Å². The van der Waals surface area contributed by atoms with E-state index in [2.05, 4.69) is 5.32 Å². The number of ether oxygens (including phenoxy) is 2. The Balaban J connectivity index is 1.73. The van der Waals surface area contributed by atoms with Gasteiger partial charge in [-0.2, -0.15) is 0 Å². The van der Waals surface area contributed by atoms with Gasteiger partial charge in [0.15, 0.2) is 11.5 Å². The lowest BCUT2D eigenvalue weighted by Gasteiger charge is -2.33. The van der Waals surface area contributed by atoms with Gasteiger partial charge in [0, 0.05) is 23.2 Å². The van der Waals surface area contributed by atoms with E-state index >= 15 is 0 Å². The van der Waals surface area contributed by atoms with Crippen molar-refractivity contribution >= 4 is 39.1 Å². The van der Waals surface area contributed by atoms with Crippen molar-refractivity contribution in [3.05, 3.63) is 83.4 Å². The Morgan fingerprint density at radius 2 is 1.59 bits per heavy atom. The van der Waals surface area contributed by atoms with Crippen LogP contribution in [0.3, 0.4) is 0 Å². The second-order valence-electron chi connectivity index (χ2n) is 10.7. The third kappa shape index (κ3) is 7.51. The zero-order valence-electron chi connectivity index (χ0n) is 23.5. The van der Waals surface area contributed by atoms with E-state index in [1.165, 1.54) is 17.0 Å². The molecule has 3 aromatic rings. The highest BCUT2D eigenvalue weighted by Crippen LogP contribution is 2.36. The molecule has 11 heteroatoms. The molecule has 0 unspecified atom stereocenters. The van der Waals surface area contributed by atoms with Crippen molar-refractivity contribution < 1.29 is 27.5 Å². The number of nitrogens with zero attached hydrogens (tertiary/aromatic N) is 2. The van der Waals surface area contributed by atoms with Crippen molar-refractivity contribution in [2.45, 2.75) is 50.7 Å². The van der Waals surface area contributed by atoms with Crippen molar-refractivity contribution in [1.29, 1.82) is 0 Å². The molecule has 1 aliphatic rings. The number of benzene rings is 3. The van der Waals surface area contributed by atoms with Gasteiger partial charge in [0.25, 0.3) is 10.0 Å². The van der Waals surface area contributed by atoms with Gasteiger partial charge in [-0.3, -0.25) is 13.9 Å². The van der Waals surface area contributed by atoms with Gasteiger partial charge in [0.2, 0.25) is 11.8 Å². The first-order valence-electron chi connectivity index (χ1n) is 13.2. The lowest BCUT2D eigenvalue weighted by molar-refractivity contribution is -0.140. The summed E-state index contributed by atoms with van der Waals surface area (Å²) in [6, 6.07) is 18.6. The quantitative estimate of drug-likeness (QED) is 0.384. The average Bonchev–Trinajstić information content (AvgIpc) is 2.94. The molecule has 9 nitrogen and oxygen atoms in total. The molecule has 1 atom stereocenters. The zero-order valence-corrected chi connectivity index (χ0v) is 25.0. The van der Waals surface area contributed by atoms with Crippen molar-refractivity contribution in [3.8, 4) is 11.5 Å². The van der Waals surface area contributed by atoms with E-state index in [0.29, 0.717) is 29.7 Å². The summed E-state index contributed by atoms with van der Waals surface area (Å²) >= 11 is 6.05. The Labute approximate surface area is 246 Å². The van der Waals surface area contributed by atoms with Gasteiger partial charge in [-0.25, -0.2) is 8.42 Å². The summed E-state index contributed by atoms with van der Waals surface area (Å²) in [6.45, 7) is 7.36. The largest absolute Gasteiger partial charge is 0.486 e. The Kier molecular flexibility index (Phi) is 9.14. The molecule has 1 N–H and O–H groups in total. The normalized spacial score (nSPS) is 13.7. The van der Waals surface area contributed by atoms with Crippen LogP contribution in [-0.2, 0) is 26.2 Å². The van der Waals surface area contributed by atoms with Crippen LogP contribution in [0, 0.1) is 0 Å². The van der Waals surface area contributed by atoms with Crippen LogP contribution in [-0.4, -0.2) is 56.5 Å². The number of carbonyl (C=O) groups is 2. The summed E-state index contributed by atoms with van der Waals surface area (Å²) in [5.41, 5.74) is 0.424. The maximum absolute atomic E-state index is 14.0. The molecule has 3 aromatic carbocycles. The topological polar surface area (TPSA) is 105 Å². The second kappa shape index (κ2) is 12.4. The van der Waals surface area contributed by atoms with E-state index in [1.54, 1.807) is 67.6 Å². The standard InChI is InChI=1S/C30H34ClN3O6S/c1-21(29(36)32-30(2,3)4)33(19-22-10-12-23(31)13-11-22)28(35)20-34(41(37,38)25-8-6-5-7-9-25)24-14-15-26-27(18-24)40-17-16-39-26/h5-15,18,21H,16-17,19-20H2,1-4H3,(H,32,36)/t21-/m1/s1. The summed E-state index contributed by atoms with van der Waals surface area (Å²) in [6.07, 6.45) is 0. The Hall–Kier alpha value is -3.76. The predicted octanol–water partition coefficient (Wildman–Crippen LogP) is 4.64. The number of hydrogen-bond acceptors (Lipinski definition) is 6. The fourth-order valence-electron chi connectivity index (χ4n) is 4.28. The van der Waals surface area contributed by atoms with E-state index in [-0.39, 0.29) is 23.0 Å². The van der Waals surface area contributed by atoms with Crippen LogP contribution >= 0.6 is 11.6 Å². The van der Waals surface area contributed by atoms with Crippen LogP contribution in [0.4, 0.5) is 5.69 Å². The van der Waals surface area contributed by atoms with Crippen LogP contribution in [0.5, 0.6) is 11.5 Å². The molecule has 4 rings (SSSR count). The zero-order chi connectivity index (χ0) is 29.8. The lowest BCUT2D eigenvalue weighted by atomic mass is 10.1. The Morgan fingerprint density at radius 1 is 0.951 bits per heavy atom. The minimum absolute atomic E-state index is 0.0189. The first-order valence-corrected chi connectivity index (χ1v) is 15.0. The molecular weight excluding hydrogens is 566 g/mol. The number of nitrogens with one attached hydrogen (secondary N) is 1. The third-order valence-electron chi connectivity index (χ3n) is 6.36. The first kappa shape index (κ1) is 30.2. The molecule has 0 fully saturated rings. The van der Waals surface area contributed by atoms with Gasteiger partial charge in [-0.05, 0) is 69.7 Å². The minimum atomic E-state index is -4.19. The number of halogens is 1. The lowest BCUT2D eigenvalue weighted by Crippen LogP contribution is -2.54. The van der Waals surface area contributed by atoms with Gasteiger partial charge in [0.05, 0.1) is 10.6 Å². The van der Waals surface area contributed by atoms with E-state index in [0.717, 1.165) is 9.87 Å². The van der Waals surface area contributed by atoms with Crippen LogP contribution in [0.1, 0.15) is 33.3 Å². The van der Waals surface area contributed by atoms with Crippen LogP contribution < -0.4 is 19.1 Å². The van der Waals surface area contributed by atoms with Gasteiger partial charge in [-0.15, -0.1) is 0 Å². The second-order valence-corrected chi connectivity index (χ2v) is 13.0. The van der Waals surface area contributed by atoms with Crippen LogP contribution in [0.25, 0.3) is 0 Å². The fourth-order valence-corrected chi connectivity index (χ4v) is 5.83. The molecule has 0 saturated heterocycles. The number of anilines is 1. The summed E-state index contributed by atoms with van der Waals surface area (Å²) in [5.74, 6) is -0.0619.